The van der Waals surface area contributed by atoms with E-state index in [1.54, 1.807) is 25.4 Å². The third-order valence-corrected chi connectivity index (χ3v) is 3.60. The summed E-state index contributed by atoms with van der Waals surface area (Å²) in [5, 5.41) is 16.4. The Bertz CT molecular complexity index is 1010. The number of aromatic nitrogens is 6. The Kier molecular flexibility index (Phi) is 4.06. The fraction of sp³-hybridized carbons (Fsp3) is 0.188. The van der Waals surface area contributed by atoms with Crippen molar-refractivity contribution in [2.45, 2.75) is 6.61 Å². The van der Waals surface area contributed by atoms with Gasteiger partial charge < -0.3 is 18.7 Å². The average Bonchev–Trinajstić information content (AvgIpc) is 3.35. The summed E-state index contributed by atoms with van der Waals surface area (Å²) in [6, 6.07) is 6.97. The quantitative estimate of drug-likeness (QED) is 0.511. The van der Waals surface area contributed by atoms with Gasteiger partial charge >= 0.3 is 0 Å². The second kappa shape index (κ2) is 6.67. The van der Waals surface area contributed by atoms with Crippen molar-refractivity contribution in [3.05, 3.63) is 42.4 Å². The second-order valence-electron chi connectivity index (χ2n) is 5.17. The van der Waals surface area contributed by atoms with E-state index >= 15 is 0 Å². The van der Waals surface area contributed by atoms with E-state index < -0.39 is 0 Å². The minimum atomic E-state index is 0.209. The predicted molar refractivity (Wildman–Crippen MR) is 88.0 cm³/mol. The van der Waals surface area contributed by atoms with Crippen molar-refractivity contribution in [1.82, 2.24) is 30.0 Å². The van der Waals surface area contributed by atoms with Gasteiger partial charge in [0.25, 0.3) is 5.88 Å². The minimum absolute atomic E-state index is 0.209. The molecule has 10 nitrogen and oxygen atoms in total. The van der Waals surface area contributed by atoms with Gasteiger partial charge in [0, 0.05) is 12.1 Å². The maximum atomic E-state index is 5.78. The van der Waals surface area contributed by atoms with Gasteiger partial charge in [-0.15, -0.1) is 15.3 Å². The highest BCUT2D eigenvalue weighted by atomic mass is 16.5. The molecule has 0 aromatic carbocycles. The lowest BCUT2D eigenvalue weighted by atomic mass is 10.3. The third kappa shape index (κ3) is 2.88. The SMILES string of the molecule is COc1ccc(COc2nn3c(-c4ccon4)nnc3cc2OC)nc1. The normalized spacial score (nSPS) is 10.8. The lowest BCUT2D eigenvalue weighted by molar-refractivity contribution is 0.264. The van der Waals surface area contributed by atoms with Crippen LogP contribution in [0.3, 0.4) is 0 Å². The molecule has 4 aromatic heterocycles. The number of pyridine rings is 1. The first kappa shape index (κ1) is 15.8. The van der Waals surface area contributed by atoms with Gasteiger partial charge in [0.1, 0.15) is 18.6 Å². The minimum Gasteiger partial charge on any atom is -0.495 e. The molecule has 0 aliphatic rings. The molecule has 0 spiro atoms. The molecule has 132 valence electrons. The third-order valence-electron chi connectivity index (χ3n) is 3.60. The van der Waals surface area contributed by atoms with Crippen LogP contribution < -0.4 is 14.2 Å². The Morgan fingerprint density at radius 2 is 2.04 bits per heavy atom. The number of nitrogens with zero attached hydrogens (tertiary/aromatic N) is 6. The summed E-state index contributed by atoms with van der Waals surface area (Å²) in [4.78, 5) is 4.26. The van der Waals surface area contributed by atoms with Crippen LogP contribution in [0.4, 0.5) is 0 Å². The van der Waals surface area contributed by atoms with Gasteiger partial charge in [-0.1, -0.05) is 5.16 Å². The van der Waals surface area contributed by atoms with E-state index in [-0.39, 0.29) is 12.5 Å². The van der Waals surface area contributed by atoms with Gasteiger partial charge in [-0.05, 0) is 12.1 Å². The number of hydrogen-bond donors (Lipinski definition) is 0. The van der Waals surface area contributed by atoms with Crippen LogP contribution in [0.2, 0.25) is 0 Å². The maximum Gasteiger partial charge on any atom is 0.275 e. The van der Waals surface area contributed by atoms with Crippen LogP contribution >= 0.6 is 0 Å². The van der Waals surface area contributed by atoms with Crippen molar-refractivity contribution in [1.29, 1.82) is 0 Å². The monoisotopic (exact) mass is 354 g/mol. The maximum absolute atomic E-state index is 5.78. The van der Waals surface area contributed by atoms with E-state index in [9.17, 15) is 0 Å². The summed E-state index contributed by atoms with van der Waals surface area (Å²) in [5.41, 5.74) is 1.72. The molecule has 0 radical (unpaired) electrons. The average molecular weight is 354 g/mol. The van der Waals surface area contributed by atoms with Crippen LogP contribution in [0, 0.1) is 0 Å². The summed E-state index contributed by atoms with van der Waals surface area (Å²) < 4.78 is 22.6. The smallest absolute Gasteiger partial charge is 0.275 e. The molecular weight excluding hydrogens is 340 g/mol. The molecule has 0 amide bonds. The van der Waals surface area contributed by atoms with Crippen molar-refractivity contribution < 1.29 is 18.7 Å². The molecule has 4 heterocycles. The lowest BCUT2D eigenvalue weighted by Crippen LogP contribution is -2.05. The van der Waals surface area contributed by atoms with Gasteiger partial charge in [0.2, 0.25) is 5.82 Å². The number of rotatable bonds is 6. The fourth-order valence-electron chi connectivity index (χ4n) is 2.29. The largest absolute Gasteiger partial charge is 0.495 e. The molecule has 4 rings (SSSR count). The Balaban J connectivity index is 1.65. The Morgan fingerprint density at radius 1 is 1.12 bits per heavy atom. The highest BCUT2D eigenvalue weighted by Gasteiger charge is 2.17. The molecule has 0 N–H and O–H groups in total. The number of fused-ring (bicyclic) bond motifs is 1. The van der Waals surface area contributed by atoms with Crippen molar-refractivity contribution in [3.8, 4) is 28.9 Å². The first-order valence-corrected chi connectivity index (χ1v) is 7.61. The van der Waals surface area contributed by atoms with Gasteiger partial charge in [-0.3, -0.25) is 4.98 Å². The van der Waals surface area contributed by atoms with E-state index in [0.717, 1.165) is 5.69 Å². The number of ether oxygens (including phenoxy) is 3. The number of hydrogen-bond acceptors (Lipinski definition) is 9. The van der Waals surface area contributed by atoms with Gasteiger partial charge in [0.15, 0.2) is 17.1 Å². The van der Waals surface area contributed by atoms with Crippen molar-refractivity contribution in [2.24, 2.45) is 0 Å². The number of methoxy groups -OCH3 is 2. The first-order valence-electron chi connectivity index (χ1n) is 7.61. The molecule has 0 fully saturated rings. The van der Waals surface area contributed by atoms with Crippen LogP contribution in [0.25, 0.3) is 17.2 Å². The Labute approximate surface area is 147 Å². The van der Waals surface area contributed by atoms with E-state index in [2.05, 4.69) is 25.4 Å². The van der Waals surface area contributed by atoms with Crippen molar-refractivity contribution in [3.63, 3.8) is 0 Å². The van der Waals surface area contributed by atoms with Crippen LogP contribution in [-0.4, -0.2) is 44.2 Å². The van der Waals surface area contributed by atoms with Crippen LogP contribution in [0.5, 0.6) is 17.4 Å². The molecule has 4 aromatic rings. The summed E-state index contributed by atoms with van der Waals surface area (Å²) in [5.74, 6) is 1.82. The predicted octanol–water partition coefficient (Wildman–Crippen LogP) is 1.77. The van der Waals surface area contributed by atoms with Crippen LogP contribution in [-0.2, 0) is 6.61 Å². The van der Waals surface area contributed by atoms with Crippen LogP contribution in [0.15, 0.2) is 41.2 Å². The molecule has 10 heteroatoms. The molecule has 0 unspecified atom stereocenters. The molecule has 0 bridgehead atoms. The summed E-state index contributed by atoms with van der Waals surface area (Å²) in [6.45, 7) is 0.209. The van der Waals surface area contributed by atoms with E-state index in [4.69, 9.17) is 18.7 Å². The zero-order valence-corrected chi connectivity index (χ0v) is 14.0. The molecule has 26 heavy (non-hydrogen) atoms. The van der Waals surface area contributed by atoms with Gasteiger partial charge in [0.05, 0.1) is 26.1 Å². The zero-order valence-electron chi connectivity index (χ0n) is 14.0. The molecule has 0 atom stereocenters. The lowest BCUT2D eigenvalue weighted by Gasteiger charge is -2.10. The summed E-state index contributed by atoms with van der Waals surface area (Å²) in [6.07, 6.45) is 3.07. The Hall–Kier alpha value is -3.69. The van der Waals surface area contributed by atoms with Crippen molar-refractivity contribution >= 4 is 5.65 Å². The highest BCUT2D eigenvalue weighted by molar-refractivity contribution is 5.56. The van der Waals surface area contributed by atoms with E-state index in [0.29, 0.717) is 28.7 Å². The first-order chi connectivity index (χ1) is 12.8. The van der Waals surface area contributed by atoms with Gasteiger partial charge in [-0.25, -0.2) is 0 Å². The standard InChI is InChI=1S/C16H14N6O4/c1-23-11-4-3-10(17-8-11)9-25-16-13(24-2)7-14-18-19-15(22(14)20-16)12-5-6-26-21-12/h3-8H,9H2,1-2H3. The molecule has 0 saturated carbocycles. The molecule has 0 aliphatic carbocycles. The van der Waals surface area contributed by atoms with E-state index in [1.165, 1.54) is 17.9 Å². The highest BCUT2D eigenvalue weighted by Crippen LogP contribution is 2.27. The molecule has 0 saturated heterocycles. The Morgan fingerprint density at radius 3 is 2.73 bits per heavy atom. The molecular formula is C16H14N6O4. The van der Waals surface area contributed by atoms with E-state index in [1.807, 2.05) is 12.1 Å². The second-order valence-corrected chi connectivity index (χ2v) is 5.17. The fourth-order valence-corrected chi connectivity index (χ4v) is 2.29. The summed E-state index contributed by atoms with van der Waals surface area (Å²) >= 11 is 0. The summed E-state index contributed by atoms with van der Waals surface area (Å²) in [7, 11) is 3.11. The zero-order chi connectivity index (χ0) is 17.9. The molecule has 0 aliphatic heterocycles. The van der Waals surface area contributed by atoms with Crippen LogP contribution in [0.1, 0.15) is 5.69 Å². The van der Waals surface area contributed by atoms with Gasteiger partial charge in [-0.2, -0.15) is 4.52 Å². The topological polar surface area (TPSA) is 110 Å². The van der Waals surface area contributed by atoms with Crippen molar-refractivity contribution in [2.75, 3.05) is 14.2 Å².